The van der Waals surface area contributed by atoms with E-state index in [1.54, 1.807) is 0 Å². The Morgan fingerprint density at radius 3 is 2.32 bits per heavy atom. The predicted octanol–water partition coefficient (Wildman–Crippen LogP) is 2.73. The van der Waals surface area contributed by atoms with Crippen LogP contribution in [0.5, 0.6) is 5.75 Å². The summed E-state index contributed by atoms with van der Waals surface area (Å²) in [5.41, 5.74) is 4.41. The van der Waals surface area contributed by atoms with Crippen LogP contribution < -0.4 is 10.3 Å². The maximum atomic E-state index is 12.4. The summed E-state index contributed by atoms with van der Waals surface area (Å²) in [5, 5.41) is 8.65. The second kappa shape index (κ2) is 7.13. The minimum atomic E-state index is -4.49. The molecule has 0 fully saturated rings. The van der Waals surface area contributed by atoms with Gasteiger partial charge in [0.1, 0.15) is 11.8 Å². The molecule has 1 aromatic rings. The standard InChI is InChI=1S/C12H15F3NO5P/c1-20-22(19,7-6-10(16)11(17)18)21-9-4-2-8(3-5-9)12(13,14)15/h2-5,10H,6-7,16H2,1H3,(H,17,18). The van der Waals surface area contributed by atoms with Crippen LogP contribution in [0, 0.1) is 0 Å². The molecule has 6 nitrogen and oxygen atoms in total. The molecule has 0 saturated heterocycles. The zero-order valence-corrected chi connectivity index (χ0v) is 12.4. The third kappa shape index (κ3) is 5.32. The van der Waals surface area contributed by atoms with Crippen molar-refractivity contribution in [3.8, 4) is 5.75 Å². The summed E-state index contributed by atoms with van der Waals surface area (Å²) < 4.78 is 59.3. The molecule has 124 valence electrons. The molecule has 0 aliphatic carbocycles. The molecule has 0 heterocycles. The van der Waals surface area contributed by atoms with E-state index < -0.39 is 31.3 Å². The lowest BCUT2D eigenvalue weighted by Gasteiger charge is -2.18. The van der Waals surface area contributed by atoms with Crippen LogP contribution >= 0.6 is 7.60 Å². The molecule has 1 aromatic carbocycles. The molecule has 0 aromatic heterocycles. The lowest BCUT2D eigenvalue weighted by atomic mass is 10.2. The molecule has 0 radical (unpaired) electrons. The minimum Gasteiger partial charge on any atom is -0.480 e. The number of alkyl halides is 3. The monoisotopic (exact) mass is 341 g/mol. The van der Waals surface area contributed by atoms with Crippen LogP contribution in [-0.2, 0) is 20.1 Å². The third-order valence-corrected chi connectivity index (χ3v) is 4.59. The van der Waals surface area contributed by atoms with E-state index in [1.165, 1.54) is 0 Å². The summed E-state index contributed by atoms with van der Waals surface area (Å²) in [6.07, 6.45) is -4.93. The van der Waals surface area contributed by atoms with Crippen LogP contribution in [0.2, 0.25) is 0 Å². The highest BCUT2D eigenvalue weighted by molar-refractivity contribution is 7.54. The van der Waals surface area contributed by atoms with E-state index >= 15 is 0 Å². The van der Waals surface area contributed by atoms with Crippen molar-refractivity contribution in [2.45, 2.75) is 18.6 Å². The number of carbonyl (C=O) groups is 1. The number of benzene rings is 1. The van der Waals surface area contributed by atoms with Crippen LogP contribution in [0.1, 0.15) is 12.0 Å². The van der Waals surface area contributed by atoms with Gasteiger partial charge in [-0.3, -0.25) is 4.79 Å². The van der Waals surface area contributed by atoms with E-state index in [4.69, 9.17) is 19.9 Å². The summed E-state index contributed by atoms with van der Waals surface area (Å²) in [4.78, 5) is 10.6. The van der Waals surface area contributed by atoms with Gasteiger partial charge in [0.25, 0.3) is 0 Å². The predicted molar refractivity (Wildman–Crippen MR) is 71.8 cm³/mol. The summed E-state index contributed by atoms with van der Waals surface area (Å²) in [5.74, 6) is -1.35. The summed E-state index contributed by atoms with van der Waals surface area (Å²) in [6, 6.07) is 2.33. The maximum absolute atomic E-state index is 12.4. The Kier molecular flexibility index (Phi) is 5.99. The number of nitrogens with two attached hydrogens (primary N) is 1. The first-order valence-electron chi connectivity index (χ1n) is 6.07. The van der Waals surface area contributed by atoms with Crippen molar-refractivity contribution < 1.29 is 36.7 Å². The fourth-order valence-corrected chi connectivity index (χ4v) is 2.85. The van der Waals surface area contributed by atoms with Crippen LogP contribution in [0.25, 0.3) is 0 Å². The topological polar surface area (TPSA) is 98.9 Å². The van der Waals surface area contributed by atoms with Crippen molar-refractivity contribution in [2.75, 3.05) is 13.3 Å². The number of rotatable bonds is 7. The minimum absolute atomic E-state index is 0.0814. The normalized spacial score (nSPS) is 15.9. The lowest BCUT2D eigenvalue weighted by molar-refractivity contribution is -0.139. The first kappa shape index (κ1) is 18.5. The molecule has 0 saturated carbocycles. The van der Waals surface area contributed by atoms with Crippen molar-refractivity contribution >= 4 is 13.6 Å². The van der Waals surface area contributed by atoms with Crippen LogP contribution in [-0.4, -0.2) is 30.4 Å². The largest absolute Gasteiger partial charge is 0.480 e. The number of carboxylic acid groups (broad SMARTS) is 1. The molecule has 0 aliphatic heterocycles. The smallest absolute Gasteiger partial charge is 0.416 e. The number of hydrogen-bond donors (Lipinski definition) is 2. The fourth-order valence-electron chi connectivity index (χ4n) is 1.46. The van der Waals surface area contributed by atoms with Gasteiger partial charge in [-0.1, -0.05) is 0 Å². The third-order valence-electron chi connectivity index (χ3n) is 2.74. The van der Waals surface area contributed by atoms with Crippen molar-refractivity contribution in [2.24, 2.45) is 5.73 Å². The van der Waals surface area contributed by atoms with Gasteiger partial charge in [-0.25, -0.2) is 4.57 Å². The Labute approximate surface area is 124 Å². The summed E-state index contributed by atoms with van der Waals surface area (Å²) in [7, 11) is -2.60. The molecule has 3 N–H and O–H groups in total. The maximum Gasteiger partial charge on any atom is 0.416 e. The lowest BCUT2D eigenvalue weighted by Crippen LogP contribution is -2.31. The van der Waals surface area contributed by atoms with Gasteiger partial charge in [0.05, 0.1) is 11.7 Å². The SMILES string of the molecule is COP(=O)(CCC(N)C(=O)O)Oc1ccc(C(F)(F)F)cc1. The van der Waals surface area contributed by atoms with E-state index in [2.05, 4.69) is 0 Å². The molecule has 0 bridgehead atoms. The van der Waals surface area contributed by atoms with Gasteiger partial charge < -0.3 is 19.9 Å². The highest BCUT2D eigenvalue weighted by Gasteiger charge is 2.31. The molecule has 22 heavy (non-hydrogen) atoms. The van der Waals surface area contributed by atoms with Crippen LogP contribution in [0.3, 0.4) is 0 Å². The van der Waals surface area contributed by atoms with E-state index in [0.29, 0.717) is 0 Å². The highest BCUT2D eigenvalue weighted by atomic mass is 31.2. The van der Waals surface area contributed by atoms with Crippen LogP contribution in [0.4, 0.5) is 13.2 Å². The fraction of sp³-hybridized carbons (Fsp3) is 0.417. The second-order valence-electron chi connectivity index (χ2n) is 4.36. The van der Waals surface area contributed by atoms with Gasteiger partial charge in [0, 0.05) is 7.11 Å². The van der Waals surface area contributed by atoms with Crippen molar-refractivity contribution in [3.05, 3.63) is 29.8 Å². The van der Waals surface area contributed by atoms with Gasteiger partial charge in [-0.15, -0.1) is 0 Å². The second-order valence-corrected chi connectivity index (χ2v) is 6.58. The molecule has 1 rings (SSSR count). The average molecular weight is 341 g/mol. The quantitative estimate of drug-likeness (QED) is 0.740. The van der Waals surface area contributed by atoms with Crippen molar-refractivity contribution in [1.29, 1.82) is 0 Å². The Morgan fingerprint density at radius 2 is 1.91 bits per heavy atom. The van der Waals surface area contributed by atoms with Crippen molar-refractivity contribution in [3.63, 3.8) is 0 Å². The van der Waals surface area contributed by atoms with Gasteiger partial charge in [0.2, 0.25) is 0 Å². The molecular weight excluding hydrogens is 326 g/mol. The Hall–Kier alpha value is -1.57. The number of hydrogen-bond acceptors (Lipinski definition) is 5. The van der Waals surface area contributed by atoms with Crippen molar-refractivity contribution in [1.82, 2.24) is 0 Å². The first-order valence-corrected chi connectivity index (χ1v) is 7.80. The Bertz CT molecular complexity index is 561. The molecule has 2 atom stereocenters. The molecule has 10 heteroatoms. The van der Waals surface area contributed by atoms with Crippen LogP contribution in [0.15, 0.2) is 24.3 Å². The van der Waals surface area contributed by atoms with E-state index in [9.17, 15) is 22.5 Å². The average Bonchev–Trinajstić information content (AvgIpc) is 2.44. The molecule has 2 unspecified atom stereocenters. The Morgan fingerprint density at radius 1 is 1.36 bits per heavy atom. The van der Waals surface area contributed by atoms with E-state index in [-0.39, 0.29) is 18.3 Å². The zero-order chi connectivity index (χ0) is 17.0. The van der Waals surface area contributed by atoms with Gasteiger partial charge in [-0.2, -0.15) is 13.2 Å². The van der Waals surface area contributed by atoms with Gasteiger partial charge in [0.15, 0.2) is 0 Å². The molecule has 0 amide bonds. The number of aliphatic carboxylic acids is 1. The number of halogens is 3. The highest BCUT2D eigenvalue weighted by Crippen LogP contribution is 2.48. The first-order chi connectivity index (χ1) is 10.1. The zero-order valence-electron chi connectivity index (χ0n) is 11.5. The van der Waals surface area contributed by atoms with Gasteiger partial charge >= 0.3 is 19.7 Å². The molecule has 0 spiro atoms. The molecular formula is C12H15F3NO5P. The van der Waals surface area contributed by atoms with Gasteiger partial charge in [-0.05, 0) is 30.7 Å². The Balaban J connectivity index is 2.76. The summed E-state index contributed by atoms with van der Waals surface area (Å²) >= 11 is 0. The van der Waals surface area contributed by atoms with E-state index in [1.807, 2.05) is 0 Å². The van der Waals surface area contributed by atoms with E-state index in [0.717, 1.165) is 31.4 Å². The summed E-state index contributed by atoms with van der Waals surface area (Å²) in [6.45, 7) is 0. The molecule has 0 aliphatic rings. The number of carboxylic acids is 1.